The van der Waals surface area contributed by atoms with Crippen LogP contribution in [-0.4, -0.2) is 47.9 Å². The standard InChI is InChI=1S/C14H20BrN3O/c1-10(2)17-5-7-18(8-6-17)14(19)11-3-4-12(15)13(16)9-11/h3-4,9-10H,5-8,16H2,1-2H3. The van der Waals surface area contributed by atoms with Gasteiger partial charge in [0.25, 0.3) is 5.91 Å². The van der Waals surface area contributed by atoms with Gasteiger partial charge in [-0.25, -0.2) is 0 Å². The molecule has 0 atom stereocenters. The molecule has 2 rings (SSSR count). The van der Waals surface area contributed by atoms with E-state index in [1.54, 1.807) is 6.07 Å². The summed E-state index contributed by atoms with van der Waals surface area (Å²) in [6.07, 6.45) is 0. The number of anilines is 1. The maximum atomic E-state index is 12.4. The number of benzene rings is 1. The molecule has 1 heterocycles. The van der Waals surface area contributed by atoms with E-state index >= 15 is 0 Å². The third-order valence-corrected chi connectivity index (χ3v) is 4.30. The number of halogens is 1. The molecule has 1 aromatic rings. The van der Waals surface area contributed by atoms with E-state index in [2.05, 4.69) is 34.7 Å². The second-order valence-corrected chi connectivity index (χ2v) is 6.01. The number of rotatable bonds is 2. The highest BCUT2D eigenvalue weighted by Gasteiger charge is 2.23. The molecule has 0 radical (unpaired) electrons. The third kappa shape index (κ3) is 3.28. The second-order valence-electron chi connectivity index (χ2n) is 5.16. The molecule has 0 unspecified atom stereocenters. The van der Waals surface area contributed by atoms with Gasteiger partial charge in [-0.1, -0.05) is 0 Å². The lowest BCUT2D eigenvalue weighted by Crippen LogP contribution is -2.50. The molecule has 2 N–H and O–H groups in total. The molecule has 0 spiro atoms. The summed E-state index contributed by atoms with van der Waals surface area (Å²) in [4.78, 5) is 16.7. The maximum absolute atomic E-state index is 12.4. The van der Waals surface area contributed by atoms with Crippen LogP contribution in [0.2, 0.25) is 0 Å². The summed E-state index contributed by atoms with van der Waals surface area (Å²) in [5, 5.41) is 0. The molecule has 19 heavy (non-hydrogen) atoms. The molecule has 1 fully saturated rings. The zero-order chi connectivity index (χ0) is 14.0. The van der Waals surface area contributed by atoms with Crippen LogP contribution in [-0.2, 0) is 0 Å². The third-order valence-electron chi connectivity index (χ3n) is 3.57. The summed E-state index contributed by atoms with van der Waals surface area (Å²) in [6, 6.07) is 5.92. The first-order valence-electron chi connectivity index (χ1n) is 6.57. The predicted molar refractivity (Wildman–Crippen MR) is 81.2 cm³/mol. The number of hydrogen-bond donors (Lipinski definition) is 1. The number of nitrogens with two attached hydrogens (primary N) is 1. The van der Waals surface area contributed by atoms with E-state index in [4.69, 9.17) is 5.73 Å². The van der Waals surface area contributed by atoms with Gasteiger partial charge in [-0.15, -0.1) is 0 Å². The lowest BCUT2D eigenvalue weighted by Gasteiger charge is -2.37. The van der Waals surface area contributed by atoms with E-state index in [1.807, 2.05) is 17.0 Å². The molecular weight excluding hydrogens is 306 g/mol. The van der Waals surface area contributed by atoms with E-state index in [0.29, 0.717) is 17.3 Å². The monoisotopic (exact) mass is 325 g/mol. The van der Waals surface area contributed by atoms with Crippen LogP contribution in [0.5, 0.6) is 0 Å². The second kappa shape index (κ2) is 5.92. The van der Waals surface area contributed by atoms with Gasteiger partial charge in [0.05, 0.1) is 0 Å². The number of nitrogen functional groups attached to an aromatic ring is 1. The van der Waals surface area contributed by atoms with Crippen molar-refractivity contribution < 1.29 is 4.79 Å². The minimum atomic E-state index is 0.0719. The summed E-state index contributed by atoms with van der Waals surface area (Å²) in [5.74, 6) is 0.0719. The highest BCUT2D eigenvalue weighted by atomic mass is 79.9. The Morgan fingerprint density at radius 2 is 1.89 bits per heavy atom. The quantitative estimate of drug-likeness (QED) is 0.848. The van der Waals surface area contributed by atoms with Crippen molar-refractivity contribution in [3.05, 3.63) is 28.2 Å². The van der Waals surface area contributed by atoms with Crippen molar-refractivity contribution in [2.45, 2.75) is 19.9 Å². The molecule has 5 heteroatoms. The molecule has 1 saturated heterocycles. The van der Waals surface area contributed by atoms with Gasteiger partial charge >= 0.3 is 0 Å². The van der Waals surface area contributed by atoms with Crippen molar-refractivity contribution in [3.8, 4) is 0 Å². The largest absolute Gasteiger partial charge is 0.398 e. The highest BCUT2D eigenvalue weighted by molar-refractivity contribution is 9.10. The molecule has 4 nitrogen and oxygen atoms in total. The van der Waals surface area contributed by atoms with Crippen molar-refractivity contribution in [2.24, 2.45) is 0 Å². The number of hydrogen-bond acceptors (Lipinski definition) is 3. The van der Waals surface area contributed by atoms with Gasteiger partial charge in [0, 0.05) is 47.9 Å². The van der Waals surface area contributed by atoms with Crippen LogP contribution < -0.4 is 5.73 Å². The molecule has 0 saturated carbocycles. The van der Waals surface area contributed by atoms with Gasteiger partial charge in [0.1, 0.15) is 0 Å². The molecule has 0 aliphatic carbocycles. The lowest BCUT2D eigenvalue weighted by molar-refractivity contribution is 0.0595. The minimum absolute atomic E-state index is 0.0719. The van der Waals surface area contributed by atoms with Crippen LogP contribution in [0.15, 0.2) is 22.7 Å². The molecule has 1 amide bonds. The van der Waals surface area contributed by atoms with E-state index in [0.717, 1.165) is 30.7 Å². The number of amides is 1. The van der Waals surface area contributed by atoms with Gasteiger partial charge < -0.3 is 10.6 Å². The zero-order valence-corrected chi connectivity index (χ0v) is 13.0. The van der Waals surface area contributed by atoms with E-state index in [-0.39, 0.29) is 5.91 Å². The van der Waals surface area contributed by atoms with Gasteiger partial charge in [0.2, 0.25) is 0 Å². The summed E-state index contributed by atoms with van der Waals surface area (Å²) in [5.41, 5.74) is 7.09. The van der Waals surface area contributed by atoms with Crippen molar-refractivity contribution in [3.63, 3.8) is 0 Å². The normalized spacial score (nSPS) is 16.9. The molecule has 104 valence electrons. The Labute approximate surface area is 122 Å². The number of carbonyl (C=O) groups excluding carboxylic acids is 1. The Kier molecular flexibility index (Phi) is 4.47. The first kappa shape index (κ1) is 14.3. The van der Waals surface area contributed by atoms with E-state index in [1.165, 1.54) is 0 Å². The SMILES string of the molecule is CC(C)N1CCN(C(=O)c2ccc(Br)c(N)c2)CC1. The van der Waals surface area contributed by atoms with Crippen LogP contribution in [0.4, 0.5) is 5.69 Å². The van der Waals surface area contributed by atoms with E-state index in [9.17, 15) is 4.79 Å². The minimum Gasteiger partial charge on any atom is -0.398 e. The molecule has 1 aliphatic rings. The molecular formula is C14H20BrN3O. The number of nitrogens with zero attached hydrogens (tertiary/aromatic N) is 2. The van der Waals surface area contributed by atoms with Gasteiger partial charge in [-0.2, -0.15) is 0 Å². The maximum Gasteiger partial charge on any atom is 0.254 e. The summed E-state index contributed by atoms with van der Waals surface area (Å²) in [7, 11) is 0. The Hall–Kier alpha value is -1.07. The number of carbonyl (C=O) groups is 1. The van der Waals surface area contributed by atoms with Gasteiger partial charge in [-0.3, -0.25) is 9.69 Å². The fourth-order valence-electron chi connectivity index (χ4n) is 2.30. The van der Waals surface area contributed by atoms with Gasteiger partial charge in [0.15, 0.2) is 0 Å². The van der Waals surface area contributed by atoms with Crippen LogP contribution in [0.3, 0.4) is 0 Å². The summed E-state index contributed by atoms with van der Waals surface area (Å²) >= 11 is 3.34. The Morgan fingerprint density at radius 1 is 1.26 bits per heavy atom. The highest BCUT2D eigenvalue weighted by Crippen LogP contribution is 2.21. The van der Waals surface area contributed by atoms with Crippen LogP contribution in [0, 0.1) is 0 Å². The first-order chi connectivity index (χ1) is 8.99. The average molecular weight is 326 g/mol. The number of piperazine rings is 1. The Bertz CT molecular complexity index is 468. The summed E-state index contributed by atoms with van der Waals surface area (Å²) < 4.78 is 0.827. The Balaban J connectivity index is 2.03. The molecule has 1 aromatic carbocycles. The van der Waals surface area contributed by atoms with Crippen molar-refractivity contribution in [1.29, 1.82) is 0 Å². The van der Waals surface area contributed by atoms with Gasteiger partial charge in [-0.05, 0) is 48.0 Å². The fourth-order valence-corrected chi connectivity index (χ4v) is 2.55. The molecule has 1 aliphatic heterocycles. The average Bonchev–Trinajstić information content (AvgIpc) is 2.41. The van der Waals surface area contributed by atoms with Crippen molar-refractivity contribution in [1.82, 2.24) is 9.80 Å². The zero-order valence-electron chi connectivity index (χ0n) is 11.4. The fraction of sp³-hybridized carbons (Fsp3) is 0.500. The molecule has 0 bridgehead atoms. The van der Waals surface area contributed by atoms with Crippen molar-refractivity contribution >= 4 is 27.5 Å². The predicted octanol–water partition coefficient (Wildman–Crippen LogP) is 2.20. The summed E-state index contributed by atoms with van der Waals surface area (Å²) in [6.45, 7) is 7.82. The Morgan fingerprint density at radius 3 is 2.42 bits per heavy atom. The lowest BCUT2D eigenvalue weighted by atomic mass is 10.1. The van der Waals surface area contributed by atoms with E-state index < -0.39 is 0 Å². The molecule has 0 aromatic heterocycles. The van der Waals surface area contributed by atoms with Crippen molar-refractivity contribution in [2.75, 3.05) is 31.9 Å². The van der Waals surface area contributed by atoms with Crippen LogP contribution >= 0.6 is 15.9 Å². The topological polar surface area (TPSA) is 49.6 Å². The van der Waals surface area contributed by atoms with Crippen LogP contribution in [0.1, 0.15) is 24.2 Å². The first-order valence-corrected chi connectivity index (χ1v) is 7.36. The van der Waals surface area contributed by atoms with Crippen LogP contribution in [0.25, 0.3) is 0 Å². The smallest absolute Gasteiger partial charge is 0.254 e.